The number of aromatic amines is 1. The molecule has 0 bridgehead atoms. The van der Waals surface area contributed by atoms with E-state index in [1.165, 1.54) is 116 Å². The Kier molecular flexibility index (Phi) is 27.7. The summed E-state index contributed by atoms with van der Waals surface area (Å²) in [4.78, 5) is 51.1. The van der Waals surface area contributed by atoms with Crippen molar-refractivity contribution in [2.45, 2.75) is 245 Å². The smallest absolute Gasteiger partial charge is 1.00 e. The number of nitrogens with zero attached hydrogens (tertiary/aromatic N) is 8. The number of rotatable bonds is 12. The molecule has 24 atom stereocenters. The third-order valence-electron chi connectivity index (χ3n) is 31.6. The number of methoxy groups -OCH3 is 3. The van der Waals surface area contributed by atoms with E-state index in [2.05, 4.69) is 77.6 Å². The maximum atomic E-state index is 13.7. The van der Waals surface area contributed by atoms with Crippen molar-refractivity contribution in [2.24, 2.45) is 123 Å². The first kappa shape index (κ1) is 85.7. The van der Waals surface area contributed by atoms with Gasteiger partial charge in [0, 0.05) is 36.0 Å². The number of ketones is 3. The molecule has 0 radical (unpaired) electrons. The zero-order valence-corrected chi connectivity index (χ0v) is 74.7. The zero-order chi connectivity index (χ0) is 75.5. The number of hydrogen-bond acceptors (Lipinski definition) is 18. The van der Waals surface area contributed by atoms with Crippen LogP contribution in [0.25, 0.3) is 33.1 Å². The van der Waals surface area contributed by atoms with Crippen LogP contribution in [0.1, 0.15) is 216 Å². The van der Waals surface area contributed by atoms with Gasteiger partial charge in [-0.15, -0.1) is 10.2 Å². The Hall–Kier alpha value is -2.67. The summed E-state index contributed by atoms with van der Waals surface area (Å²) in [5, 5.41) is 68.2. The third-order valence-corrected chi connectivity index (χ3v) is 32.2. The van der Waals surface area contributed by atoms with Gasteiger partial charge in [0.1, 0.15) is 58.2 Å². The van der Waals surface area contributed by atoms with Crippen LogP contribution in [0.3, 0.4) is 0 Å². The minimum Gasteiger partial charge on any atom is -1.00 e. The number of fused-ring (bicyclic) bond motifs is 18. The van der Waals surface area contributed by atoms with Gasteiger partial charge < -0.3 is 41.1 Å². The molecule has 12 fully saturated rings. The van der Waals surface area contributed by atoms with Crippen molar-refractivity contribution in [3.8, 4) is 17.2 Å². The van der Waals surface area contributed by atoms with Gasteiger partial charge in [0.25, 0.3) is 6.47 Å². The second-order valence-electron chi connectivity index (χ2n) is 37.2. The molecule has 6 aromatic rings. The number of ether oxygens (including phenoxy) is 3. The molecule has 3 heterocycles. The molecule has 109 heavy (non-hydrogen) atoms. The van der Waals surface area contributed by atoms with Crippen molar-refractivity contribution in [3.05, 3.63) is 54.6 Å². The van der Waals surface area contributed by atoms with Gasteiger partial charge in [-0.05, 0) is 336 Å². The predicted molar refractivity (Wildman–Crippen MR) is 409 cm³/mol. The van der Waals surface area contributed by atoms with Crippen molar-refractivity contribution in [1.82, 2.24) is 45.4 Å². The van der Waals surface area contributed by atoms with Gasteiger partial charge in [-0.2, -0.15) is 15.4 Å². The molecule has 12 aliphatic carbocycles. The van der Waals surface area contributed by atoms with Gasteiger partial charge in [0.15, 0.2) is 11.6 Å². The van der Waals surface area contributed by atoms with E-state index in [0.29, 0.717) is 65.4 Å². The van der Waals surface area contributed by atoms with Crippen molar-refractivity contribution in [1.29, 1.82) is 0 Å². The number of aliphatic hydroxyl groups is 3. The molecule has 0 amide bonds. The first-order valence-corrected chi connectivity index (χ1v) is 42.0. The second-order valence-corrected chi connectivity index (χ2v) is 37.7. The van der Waals surface area contributed by atoms with Crippen LogP contribution in [0, 0.1) is 123 Å². The number of alkyl halides is 1. The first-order valence-electron chi connectivity index (χ1n) is 40.9. The summed E-state index contributed by atoms with van der Waals surface area (Å²) in [5.74, 6) is 15.5. The molecule has 0 unspecified atom stereocenters. The molecule has 0 aliphatic heterocycles. The summed E-state index contributed by atoms with van der Waals surface area (Å²) in [6, 6.07) is 17.0. The summed E-state index contributed by atoms with van der Waals surface area (Å²) >= 11 is 3.42. The molecule has 586 valence electrons. The van der Waals surface area contributed by atoms with Crippen molar-refractivity contribution in [3.63, 3.8) is 0 Å². The van der Waals surface area contributed by atoms with Crippen LogP contribution in [-0.2, 0) is 37.2 Å². The molecule has 0 spiro atoms. The fourth-order valence-corrected chi connectivity index (χ4v) is 27.2. The van der Waals surface area contributed by atoms with E-state index >= 15 is 0 Å². The molecule has 24 heteroatoms. The standard InChI is InChI=1S/2C28H39N3O3.C21H33BrO2.C7H7N3O.CH2O3.2K.H/c1-27(33)12-10-19-17(15-27)4-6-21-20(19)11-13-28(2)22(21)7-8-23(28)26(32)16-31-25-9-5-18(34-3)14-24(25)29-30-31;1-27(33)12-10-19-17(15-27)4-6-21-20(19)11-13-28(2)22(21)7-8-23(28)26(32)16-31-25-14-18(34-3)5-9-24(25)29-30-31;1-20(24)9-7-14-13(11-20)3-4-16-15(14)8-10-21(2)17(16)5-6-18(21)19(23)12-22;1-11-5-2-3-6-7(4-5)9-10-8-6;2-1-4-3;;;/h2*5,9,14,17,19-23,33H,4,6-8,10-13,15-16H2,1-3H3;13-18,24H,3-12H2,1-2H3;2-4H,1H3,(H,8,9,10);1,3H;;;/q;;;;;2*+1;-1/p-1/t2*17-,19+,20-,21-,22+,23-,27-,28+;13-,14+,15-,16-,17+,18-,20-,21+;;;;;/m111...../s1. The Labute approximate surface area is 739 Å². The SMILES string of the molecule is COc1ccc2c(c1)nnn2CC(=O)[C@H]1CC[C@H]2[C@@H]3CC[C@@H]4C[C@](C)(O)CC[C@@H]4[C@H]3CC[C@]12C.COc1ccc2n[nH]nc2c1.COc1ccc2nnn(CC(=O)[C@H]3CC[C@H]4[C@@H]5CC[C@@H]6C[C@](C)(O)CC[C@@H]6[C@H]5CC[C@]34C)c2c1.C[C@@]1(O)CC[C@H]2[C@H](CC[C@@H]3[C@@H]2CC[C@]2(C)[C@@H](C(=O)CBr)CC[C@@H]32)C1.O=CO[O-].[H-].[K+].[K+]. The summed E-state index contributed by atoms with van der Waals surface area (Å²) in [5.41, 5.74) is 4.15. The van der Waals surface area contributed by atoms with Crippen LogP contribution in [0.5, 0.6) is 17.2 Å². The van der Waals surface area contributed by atoms with Crippen LogP contribution in [-0.4, -0.2) is 128 Å². The number of carbonyl (C=O) groups is 4. The van der Waals surface area contributed by atoms with Crippen LogP contribution < -0.4 is 122 Å². The fraction of sp³-hybridized carbons (Fsp3) is 0.741. The topological polar surface area (TPSA) is 292 Å². The van der Waals surface area contributed by atoms with Gasteiger partial charge in [0.2, 0.25) is 0 Å². The van der Waals surface area contributed by atoms with E-state index < -0.39 is 16.8 Å². The largest absolute Gasteiger partial charge is 1.00 e. The number of H-pyrrole nitrogens is 1. The molecule has 3 aromatic carbocycles. The number of carbonyl (C=O) groups excluding carboxylic acids is 4. The molecule has 21 nitrogen and oxygen atoms in total. The molecule has 12 saturated carbocycles. The number of Topliss-reactive ketones (excluding diaryl/α,β-unsaturated/α-hetero) is 3. The molecular weight excluding hydrogens is 1500 g/mol. The fourth-order valence-electron chi connectivity index (χ4n) is 26.8. The number of nitrogens with one attached hydrogen (secondary N) is 1. The minimum atomic E-state index is -0.461. The summed E-state index contributed by atoms with van der Waals surface area (Å²) in [6.07, 6.45) is 31.5. The summed E-state index contributed by atoms with van der Waals surface area (Å²) < 4.78 is 19.2. The van der Waals surface area contributed by atoms with E-state index in [1.54, 1.807) is 30.7 Å². The number of aromatic nitrogens is 9. The van der Waals surface area contributed by atoms with Crippen LogP contribution >= 0.6 is 15.9 Å². The van der Waals surface area contributed by atoms with Crippen LogP contribution in [0.4, 0.5) is 0 Å². The van der Waals surface area contributed by atoms with Crippen LogP contribution in [0.2, 0.25) is 0 Å². The maximum absolute atomic E-state index is 13.7. The van der Waals surface area contributed by atoms with Gasteiger partial charge >= 0.3 is 103 Å². The quantitative estimate of drug-likeness (QED) is 0.0293. The Morgan fingerprint density at radius 2 is 0.826 bits per heavy atom. The van der Waals surface area contributed by atoms with E-state index in [9.17, 15) is 29.7 Å². The molecular formula is C85H120BrK2N9O12. The van der Waals surface area contributed by atoms with Gasteiger partial charge in [-0.1, -0.05) is 47.1 Å². The van der Waals surface area contributed by atoms with Crippen molar-refractivity contribution in [2.75, 3.05) is 26.7 Å². The summed E-state index contributed by atoms with van der Waals surface area (Å²) in [6.45, 7) is 13.8. The first-order chi connectivity index (χ1) is 51.2. The monoisotopic (exact) mass is 1620 g/mol. The summed E-state index contributed by atoms with van der Waals surface area (Å²) in [7, 11) is 4.92. The average Bonchev–Trinajstić information content (AvgIpc) is 1.51. The van der Waals surface area contributed by atoms with E-state index in [4.69, 9.17) is 24.3 Å². The van der Waals surface area contributed by atoms with E-state index in [1.807, 2.05) is 75.4 Å². The zero-order valence-electron chi connectivity index (χ0n) is 67.9. The van der Waals surface area contributed by atoms with E-state index in [0.717, 1.165) is 173 Å². The van der Waals surface area contributed by atoms with Crippen molar-refractivity contribution >= 4 is 72.9 Å². The van der Waals surface area contributed by atoms with Gasteiger partial charge in [0.05, 0.1) is 54.5 Å². The normalized spacial score (nSPS) is 39.0. The Morgan fingerprint density at radius 3 is 1.24 bits per heavy atom. The number of halogens is 1. The molecule has 0 saturated heterocycles. The third kappa shape index (κ3) is 17.4. The predicted octanol–water partition coefficient (Wildman–Crippen LogP) is 8.55. The van der Waals surface area contributed by atoms with Crippen molar-refractivity contribution < 1.29 is 163 Å². The molecule has 18 rings (SSSR count). The molecule has 3 aromatic heterocycles. The Bertz CT molecular complexity index is 4160. The average molecular weight is 1620 g/mol. The Balaban J connectivity index is 0.000000149. The molecule has 12 aliphatic rings. The second kappa shape index (κ2) is 35.3. The van der Waals surface area contributed by atoms with Gasteiger partial charge in [-0.3, -0.25) is 19.2 Å². The number of hydrogen-bond donors (Lipinski definition) is 4. The number of benzene rings is 3. The maximum Gasteiger partial charge on any atom is 1.00 e. The van der Waals surface area contributed by atoms with E-state index in [-0.39, 0.29) is 139 Å². The van der Waals surface area contributed by atoms with Crippen LogP contribution in [0.15, 0.2) is 54.6 Å². The molecule has 4 N–H and O–H groups in total. The van der Waals surface area contributed by atoms with Gasteiger partial charge in [-0.25, -0.2) is 9.36 Å². The Morgan fingerprint density at radius 1 is 0.468 bits per heavy atom. The minimum absolute atomic E-state index is 0.